The Morgan fingerprint density at radius 1 is 1.00 bits per heavy atom. The number of thioether (sulfide) groups is 1. The lowest BCUT2D eigenvalue weighted by Gasteiger charge is -2.31. The zero-order valence-corrected chi connectivity index (χ0v) is 20.9. The second-order valence-electron chi connectivity index (χ2n) is 7.83. The highest BCUT2D eigenvalue weighted by Crippen LogP contribution is 2.29. The highest BCUT2D eigenvalue weighted by Gasteiger charge is 2.29. The fourth-order valence-electron chi connectivity index (χ4n) is 3.38. The smallest absolute Gasteiger partial charge is 0.328 e. The molecule has 0 radical (unpaired) electrons. The van der Waals surface area contributed by atoms with E-state index in [4.69, 9.17) is 19.7 Å². The predicted molar refractivity (Wildman–Crippen MR) is 134 cm³/mol. The Bertz CT molecular complexity index is 885. The van der Waals surface area contributed by atoms with Gasteiger partial charge in [0.15, 0.2) is 11.5 Å². The average Bonchev–Trinajstić information content (AvgIpc) is 3.32. The number of amides is 1. The zero-order valence-electron chi connectivity index (χ0n) is 20.0. The van der Waals surface area contributed by atoms with Gasteiger partial charge in [-0.2, -0.15) is 0 Å². The molecule has 1 aromatic rings. The molecule has 2 fully saturated rings. The second-order valence-corrected chi connectivity index (χ2v) is 9.12. The van der Waals surface area contributed by atoms with Crippen LogP contribution in [0.15, 0.2) is 48.6 Å². The van der Waals surface area contributed by atoms with Crippen LogP contribution in [0, 0.1) is 0 Å². The van der Waals surface area contributed by atoms with E-state index >= 15 is 0 Å². The molecule has 0 saturated carbocycles. The monoisotopic (exact) mass is 507 g/mol. The largest absolute Gasteiger partial charge is 0.493 e. The minimum Gasteiger partial charge on any atom is -0.493 e. The Hall–Kier alpha value is -3.02. The van der Waals surface area contributed by atoms with Crippen molar-refractivity contribution >= 4 is 29.6 Å². The molecule has 2 N–H and O–H groups in total. The van der Waals surface area contributed by atoms with Crippen molar-refractivity contribution in [2.24, 2.45) is 0 Å². The maximum atomic E-state index is 12.6. The van der Waals surface area contributed by atoms with Crippen molar-refractivity contribution in [3.8, 4) is 11.5 Å². The third kappa shape index (κ3) is 10.4. The first kappa shape index (κ1) is 28.2. The summed E-state index contributed by atoms with van der Waals surface area (Å²) >= 11 is 1.76. The van der Waals surface area contributed by atoms with Gasteiger partial charge in [0.2, 0.25) is 5.91 Å². The molecule has 1 aromatic carbocycles. The van der Waals surface area contributed by atoms with Crippen LogP contribution >= 0.6 is 11.8 Å². The fourth-order valence-corrected chi connectivity index (χ4v) is 4.51. The summed E-state index contributed by atoms with van der Waals surface area (Å²) < 4.78 is 11.2. The Kier molecular flexibility index (Phi) is 12.2. The van der Waals surface area contributed by atoms with Crippen LogP contribution < -0.4 is 9.47 Å². The highest BCUT2D eigenvalue weighted by molar-refractivity contribution is 8.00. The van der Waals surface area contributed by atoms with Crippen LogP contribution in [0.1, 0.15) is 0 Å². The lowest BCUT2D eigenvalue weighted by atomic mass is 10.3. The predicted octanol–water partition coefficient (Wildman–Crippen LogP) is 1.49. The van der Waals surface area contributed by atoms with Crippen molar-refractivity contribution in [1.82, 2.24) is 14.7 Å². The first-order valence-corrected chi connectivity index (χ1v) is 12.2. The number of para-hydroxylation sites is 2. The third-order valence-electron chi connectivity index (χ3n) is 5.31. The van der Waals surface area contributed by atoms with Crippen molar-refractivity contribution in [1.29, 1.82) is 0 Å². The number of hydrogen-bond donors (Lipinski definition) is 2. The summed E-state index contributed by atoms with van der Waals surface area (Å²) in [6.45, 7) is 6.36. The first-order chi connectivity index (χ1) is 16.8. The van der Waals surface area contributed by atoms with Crippen LogP contribution in [-0.2, 0) is 14.4 Å². The number of nitrogens with zero attached hydrogens (tertiary/aromatic N) is 3. The van der Waals surface area contributed by atoms with Crippen LogP contribution in [0.25, 0.3) is 0 Å². The van der Waals surface area contributed by atoms with Gasteiger partial charge in [-0.1, -0.05) is 18.2 Å². The minimum absolute atomic E-state index is 0.0377. The molecule has 2 heterocycles. The number of likely N-dealkylation sites (N-methyl/N-ethyl adjacent to an activating group) is 1. The summed E-state index contributed by atoms with van der Waals surface area (Å²) in [4.78, 5) is 38.3. The lowest BCUT2D eigenvalue weighted by Crippen LogP contribution is -2.44. The lowest BCUT2D eigenvalue weighted by molar-refractivity contribution is -0.134. The molecule has 3 rings (SSSR count). The average molecular weight is 508 g/mol. The van der Waals surface area contributed by atoms with Crippen molar-refractivity contribution < 1.29 is 34.1 Å². The standard InChI is InChI=1S/C20H29N3O3S.C4H4O4/c1-21-10-12-22(13-11-21)9-5-8-19(24)23-14-15-27-20(23)16-26-18-7-4-3-6-17(18)25-2;5-3(6)1-2-4(7)8/h3-8,20H,9-16H2,1-2H3;1-2H,(H,5,6)(H,7,8)/b;2-1-. The molecule has 2 aliphatic heterocycles. The van der Waals surface area contributed by atoms with Gasteiger partial charge in [-0.25, -0.2) is 9.59 Å². The van der Waals surface area contributed by atoms with E-state index in [-0.39, 0.29) is 11.3 Å². The van der Waals surface area contributed by atoms with E-state index in [1.54, 1.807) is 24.9 Å². The van der Waals surface area contributed by atoms with Gasteiger partial charge in [0.05, 0.1) is 7.11 Å². The molecule has 11 heteroatoms. The zero-order chi connectivity index (χ0) is 25.6. The molecule has 192 valence electrons. The molecule has 0 bridgehead atoms. The number of methoxy groups -OCH3 is 1. The Balaban J connectivity index is 0.000000466. The van der Waals surface area contributed by atoms with Crippen molar-refractivity contribution in [3.63, 3.8) is 0 Å². The molecule has 1 amide bonds. The SMILES string of the molecule is COc1ccccc1OCC1SCCN1C(=O)C=CCN1CCN(C)CC1.O=C(O)/C=C\C(=O)O. The first-order valence-electron chi connectivity index (χ1n) is 11.2. The molecule has 0 aliphatic carbocycles. The normalized spacial score (nSPS) is 18.9. The molecule has 2 saturated heterocycles. The number of benzene rings is 1. The van der Waals surface area contributed by atoms with E-state index in [0.717, 1.165) is 45.0 Å². The number of ether oxygens (including phenoxy) is 2. The van der Waals surface area contributed by atoms with Crippen LogP contribution in [-0.4, -0.2) is 114 Å². The van der Waals surface area contributed by atoms with Gasteiger partial charge >= 0.3 is 11.9 Å². The van der Waals surface area contributed by atoms with Gasteiger partial charge in [0, 0.05) is 63.2 Å². The van der Waals surface area contributed by atoms with E-state index in [9.17, 15) is 14.4 Å². The molecule has 35 heavy (non-hydrogen) atoms. The summed E-state index contributed by atoms with van der Waals surface area (Å²) in [5.41, 5.74) is 0. The summed E-state index contributed by atoms with van der Waals surface area (Å²) in [7, 11) is 3.78. The van der Waals surface area contributed by atoms with Crippen LogP contribution in [0.5, 0.6) is 11.5 Å². The van der Waals surface area contributed by atoms with Crippen molar-refractivity contribution in [2.75, 3.05) is 65.8 Å². The van der Waals surface area contributed by atoms with Gasteiger partial charge in [0.25, 0.3) is 0 Å². The number of carboxylic acid groups (broad SMARTS) is 2. The molecular weight excluding hydrogens is 474 g/mol. The van der Waals surface area contributed by atoms with Gasteiger partial charge in [-0.15, -0.1) is 11.8 Å². The van der Waals surface area contributed by atoms with E-state index in [1.165, 1.54) is 0 Å². The Labute approximate surface area is 209 Å². The molecular formula is C24H33N3O7S. The number of carbonyl (C=O) groups excluding carboxylic acids is 1. The number of carbonyl (C=O) groups is 3. The second kappa shape index (κ2) is 15.1. The number of rotatable bonds is 9. The molecule has 2 aliphatic rings. The summed E-state index contributed by atoms with van der Waals surface area (Å²) in [6, 6.07) is 7.60. The molecule has 0 aromatic heterocycles. The van der Waals surface area contributed by atoms with E-state index < -0.39 is 11.9 Å². The summed E-state index contributed by atoms with van der Waals surface area (Å²) in [6.07, 6.45) is 4.83. The van der Waals surface area contributed by atoms with Crippen molar-refractivity contribution in [3.05, 3.63) is 48.6 Å². The van der Waals surface area contributed by atoms with Crippen LogP contribution in [0.3, 0.4) is 0 Å². The number of hydrogen-bond acceptors (Lipinski definition) is 8. The van der Waals surface area contributed by atoms with E-state index in [2.05, 4.69) is 16.8 Å². The Morgan fingerprint density at radius 3 is 2.23 bits per heavy atom. The van der Waals surface area contributed by atoms with E-state index in [1.807, 2.05) is 35.2 Å². The van der Waals surface area contributed by atoms with Crippen LogP contribution in [0.2, 0.25) is 0 Å². The molecule has 1 atom stereocenters. The summed E-state index contributed by atoms with van der Waals surface area (Å²) in [5, 5.41) is 15.7. The van der Waals surface area contributed by atoms with Gasteiger partial charge in [0.1, 0.15) is 12.0 Å². The number of piperazine rings is 1. The number of aliphatic carboxylic acids is 2. The Morgan fingerprint density at radius 2 is 1.63 bits per heavy atom. The minimum atomic E-state index is -1.26. The maximum Gasteiger partial charge on any atom is 0.328 e. The quantitative estimate of drug-likeness (QED) is 0.476. The van der Waals surface area contributed by atoms with Crippen molar-refractivity contribution in [2.45, 2.75) is 5.37 Å². The molecule has 1 unspecified atom stereocenters. The fraction of sp³-hybridized carbons (Fsp3) is 0.458. The highest BCUT2D eigenvalue weighted by atomic mass is 32.2. The van der Waals surface area contributed by atoms with E-state index in [0.29, 0.717) is 30.3 Å². The maximum absolute atomic E-state index is 12.6. The third-order valence-corrected chi connectivity index (χ3v) is 6.51. The van der Waals surface area contributed by atoms with Gasteiger partial charge in [-0.05, 0) is 19.2 Å². The molecule has 10 nitrogen and oxygen atoms in total. The molecule has 0 spiro atoms. The van der Waals surface area contributed by atoms with Gasteiger partial charge < -0.3 is 29.5 Å². The topological polar surface area (TPSA) is 120 Å². The van der Waals surface area contributed by atoms with Crippen LogP contribution in [0.4, 0.5) is 0 Å². The number of carboxylic acids is 2. The summed E-state index contributed by atoms with van der Waals surface area (Å²) in [5.74, 6) is -0.0728. The van der Waals surface area contributed by atoms with Gasteiger partial charge in [-0.3, -0.25) is 9.69 Å².